The van der Waals surface area contributed by atoms with Crippen molar-refractivity contribution in [2.75, 3.05) is 0 Å². The van der Waals surface area contributed by atoms with Gasteiger partial charge in [-0.3, -0.25) is 0 Å². The van der Waals surface area contributed by atoms with Crippen molar-refractivity contribution in [3.63, 3.8) is 0 Å². The second-order valence-corrected chi connectivity index (χ2v) is 7.72. The molecule has 0 aromatic carbocycles. The molecule has 4 saturated carbocycles. The lowest BCUT2D eigenvalue weighted by Gasteiger charge is -2.43. The third kappa shape index (κ3) is 1.87. The average molecular weight is 232 g/mol. The third-order valence-electron chi connectivity index (χ3n) is 6.98. The smallest absolute Gasteiger partial charge is 0.0355 e. The maximum absolute atomic E-state index is 1.64. The lowest BCUT2D eigenvalue weighted by Crippen LogP contribution is -2.32. The van der Waals surface area contributed by atoms with E-state index in [1.165, 1.54) is 11.8 Å². The molecule has 6 atom stereocenters. The van der Waals surface area contributed by atoms with Crippen LogP contribution in [0.4, 0.5) is 0 Å². The number of rotatable bonds is 1. The van der Waals surface area contributed by atoms with Crippen molar-refractivity contribution in [2.45, 2.75) is 70.6 Å². The predicted octanol–water partition coefficient (Wildman–Crippen LogP) is 5.03. The molecule has 0 radical (unpaired) electrons. The van der Waals surface area contributed by atoms with Crippen LogP contribution in [-0.2, 0) is 0 Å². The van der Waals surface area contributed by atoms with Gasteiger partial charge in [0.1, 0.15) is 0 Å². The quantitative estimate of drug-likeness (QED) is 0.595. The Bertz CT molecular complexity index is 282. The Morgan fingerprint density at radius 1 is 0.471 bits per heavy atom. The third-order valence-corrected chi connectivity index (χ3v) is 6.98. The van der Waals surface area contributed by atoms with Gasteiger partial charge in [0, 0.05) is 0 Å². The van der Waals surface area contributed by atoms with Crippen LogP contribution in [0.5, 0.6) is 0 Å². The van der Waals surface area contributed by atoms with E-state index in [1.54, 1.807) is 70.6 Å². The molecule has 0 nitrogen and oxygen atoms in total. The Morgan fingerprint density at radius 3 is 1.94 bits per heavy atom. The summed E-state index contributed by atoms with van der Waals surface area (Å²) in [7, 11) is 0. The summed E-state index contributed by atoms with van der Waals surface area (Å²) in [5, 5.41) is 0. The van der Waals surface area contributed by atoms with Crippen LogP contribution in [0.1, 0.15) is 70.6 Å². The van der Waals surface area contributed by atoms with Gasteiger partial charge in [-0.25, -0.2) is 0 Å². The van der Waals surface area contributed by atoms with Gasteiger partial charge in [0.2, 0.25) is 0 Å². The zero-order valence-electron chi connectivity index (χ0n) is 11.2. The van der Waals surface area contributed by atoms with Gasteiger partial charge in [-0.15, -0.1) is 0 Å². The van der Waals surface area contributed by atoms with Crippen molar-refractivity contribution < 1.29 is 0 Å². The van der Waals surface area contributed by atoms with E-state index in [0.717, 1.165) is 23.7 Å². The molecule has 0 aliphatic heterocycles. The summed E-state index contributed by atoms with van der Waals surface area (Å²) in [5.41, 5.74) is 0. The summed E-state index contributed by atoms with van der Waals surface area (Å²) < 4.78 is 0. The Hall–Kier alpha value is 0. The van der Waals surface area contributed by atoms with E-state index in [9.17, 15) is 0 Å². The molecule has 4 aliphatic carbocycles. The molecule has 4 rings (SSSR count). The van der Waals surface area contributed by atoms with Crippen molar-refractivity contribution in [1.29, 1.82) is 0 Å². The standard InChI is InChI=1S/C17H28/c1-2-4-14-11-16(8-7-13(14)3-1)17-10-12-5-6-15(17)9-12/h12-17H,1-11H2. The number of hydrogen-bond donors (Lipinski definition) is 0. The van der Waals surface area contributed by atoms with Gasteiger partial charge < -0.3 is 0 Å². The first-order valence-electron chi connectivity index (χ1n) is 8.40. The summed E-state index contributed by atoms with van der Waals surface area (Å²) in [6, 6.07) is 0. The minimum atomic E-state index is 1.15. The summed E-state index contributed by atoms with van der Waals surface area (Å²) in [5.74, 6) is 6.97. The predicted molar refractivity (Wildman–Crippen MR) is 71.7 cm³/mol. The fourth-order valence-corrected chi connectivity index (χ4v) is 6.17. The SMILES string of the molecule is C1CCC2CC(C3CC4CCC3C4)CCC2C1. The van der Waals surface area contributed by atoms with E-state index in [0.29, 0.717) is 0 Å². The highest BCUT2D eigenvalue weighted by molar-refractivity contribution is 4.95. The van der Waals surface area contributed by atoms with Crippen molar-refractivity contribution >= 4 is 0 Å². The monoisotopic (exact) mass is 232 g/mol. The molecule has 0 aromatic rings. The van der Waals surface area contributed by atoms with Crippen molar-refractivity contribution in [1.82, 2.24) is 0 Å². The van der Waals surface area contributed by atoms with Crippen molar-refractivity contribution in [3.8, 4) is 0 Å². The average Bonchev–Trinajstić information content (AvgIpc) is 3.00. The highest BCUT2D eigenvalue weighted by Gasteiger charge is 2.45. The van der Waals surface area contributed by atoms with Crippen LogP contribution in [0.2, 0.25) is 0 Å². The first kappa shape index (κ1) is 10.9. The lowest BCUT2D eigenvalue weighted by atomic mass is 9.63. The normalized spacial score (nSPS) is 53.6. The maximum atomic E-state index is 1.64. The number of hydrogen-bond acceptors (Lipinski definition) is 0. The molecule has 0 N–H and O–H groups in total. The molecule has 0 heterocycles. The van der Waals surface area contributed by atoms with Gasteiger partial charge in [0.15, 0.2) is 0 Å². The van der Waals surface area contributed by atoms with Gasteiger partial charge in [-0.2, -0.15) is 0 Å². The molecule has 96 valence electrons. The molecule has 0 aromatic heterocycles. The zero-order valence-corrected chi connectivity index (χ0v) is 11.2. The van der Waals surface area contributed by atoms with Crippen LogP contribution in [0, 0.1) is 35.5 Å². The zero-order chi connectivity index (χ0) is 11.2. The summed E-state index contributed by atoms with van der Waals surface area (Å²) >= 11 is 0. The number of fused-ring (bicyclic) bond motifs is 3. The highest BCUT2D eigenvalue weighted by Crippen LogP contribution is 2.55. The van der Waals surface area contributed by atoms with Crippen molar-refractivity contribution in [2.24, 2.45) is 35.5 Å². The molecule has 17 heavy (non-hydrogen) atoms. The Labute approximate surface area is 107 Å². The first-order chi connectivity index (χ1) is 8.40. The van der Waals surface area contributed by atoms with Gasteiger partial charge in [0.05, 0.1) is 0 Å². The molecule has 0 heteroatoms. The van der Waals surface area contributed by atoms with E-state index in [1.807, 2.05) is 0 Å². The molecule has 4 fully saturated rings. The van der Waals surface area contributed by atoms with Crippen LogP contribution in [0.15, 0.2) is 0 Å². The van der Waals surface area contributed by atoms with Crippen LogP contribution in [0.25, 0.3) is 0 Å². The molecule has 4 aliphatic rings. The second-order valence-electron chi connectivity index (χ2n) is 7.72. The van der Waals surface area contributed by atoms with E-state index < -0.39 is 0 Å². The minimum absolute atomic E-state index is 1.15. The maximum Gasteiger partial charge on any atom is -0.0355 e. The van der Waals surface area contributed by atoms with Gasteiger partial charge in [-0.1, -0.05) is 32.1 Å². The summed E-state index contributed by atoms with van der Waals surface area (Å²) in [6.07, 6.45) is 17.5. The summed E-state index contributed by atoms with van der Waals surface area (Å²) in [6.45, 7) is 0. The Kier molecular flexibility index (Phi) is 2.74. The van der Waals surface area contributed by atoms with Crippen molar-refractivity contribution in [3.05, 3.63) is 0 Å². The van der Waals surface area contributed by atoms with Crippen LogP contribution in [0.3, 0.4) is 0 Å². The van der Waals surface area contributed by atoms with E-state index in [4.69, 9.17) is 0 Å². The molecule has 0 spiro atoms. The highest BCUT2D eigenvalue weighted by atomic mass is 14.5. The van der Waals surface area contributed by atoms with Crippen LogP contribution >= 0.6 is 0 Å². The fourth-order valence-electron chi connectivity index (χ4n) is 6.17. The molecule has 6 unspecified atom stereocenters. The fraction of sp³-hybridized carbons (Fsp3) is 1.00. The lowest BCUT2D eigenvalue weighted by molar-refractivity contribution is 0.0793. The molecule has 0 saturated heterocycles. The molecular formula is C17H28. The minimum Gasteiger partial charge on any atom is -0.0530 e. The van der Waals surface area contributed by atoms with Gasteiger partial charge >= 0.3 is 0 Å². The summed E-state index contributed by atoms with van der Waals surface area (Å²) in [4.78, 5) is 0. The first-order valence-corrected chi connectivity index (χ1v) is 8.40. The van der Waals surface area contributed by atoms with Crippen LogP contribution in [-0.4, -0.2) is 0 Å². The van der Waals surface area contributed by atoms with E-state index in [-0.39, 0.29) is 0 Å². The van der Waals surface area contributed by atoms with E-state index >= 15 is 0 Å². The largest absolute Gasteiger partial charge is 0.0530 e. The second kappa shape index (κ2) is 4.28. The Balaban J connectivity index is 1.42. The van der Waals surface area contributed by atoms with E-state index in [2.05, 4.69) is 0 Å². The molecule has 2 bridgehead atoms. The van der Waals surface area contributed by atoms with Gasteiger partial charge in [0.25, 0.3) is 0 Å². The van der Waals surface area contributed by atoms with Crippen LogP contribution < -0.4 is 0 Å². The topological polar surface area (TPSA) is 0 Å². The van der Waals surface area contributed by atoms with Gasteiger partial charge in [-0.05, 0) is 74.0 Å². The molecular weight excluding hydrogens is 204 g/mol. The Morgan fingerprint density at radius 2 is 1.18 bits per heavy atom. The molecule has 0 amide bonds.